The fraction of sp³-hybridized carbons (Fsp3) is 0.833. The molecule has 0 amide bonds. The number of hydrogen-bond acceptors (Lipinski definition) is 2. The van der Waals surface area contributed by atoms with Gasteiger partial charge in [-0.3, -0.25) is 0 Å². The first-order chi connectivity index (χ1) is 6.84. The van der Waals surface area contributed by atoms with Gasteiger partial charge >= 0.3 is 0 Å². The fourth-order valence-corrected chi connectivity index (χ4v) is 2.09. The Morgan fingerprint density at radius 2 is 2.07 bits per heavy atom. The summed E-state index contributed by atoms with van der Waals surface area (Å²) in [6.45, 7) is 5.36. The molecule has 2 nitrogen and oxygen atoms in total. The Labute approximate surface area is 88.4 Å². The van der Waals surface area contributed by atoms with Gasteiger partial charge in [0.15, 0.2) is 0 Å². The van der Waals surface area contributed by atoms with Crippen molar-refractivity contribution in [1.29, 1.82) is 0 Å². The lowest BCUT2D eigenvalue weighted by Crippen LogP contribution is -2.35. The molecule has 1 N–H and O–H groups in total. The minimum Gasteiger partial charge on any atom is -0.312 e. The summed E-state index contributed by atoms with van der Waals surface area (Å²) in [5.74, 6) is 0. The molecular weight excluding hydrogens is 172 g/mol. The van der Waals surface area contributed by atoms with Crippen molar-refractivity contribution in [2.24, 2.45) is 0 Å². The largest absolute Gasteiger partial charge is 0.312 e. The van der Waals surface area contributed by atoms with Crippen LogP contribution in [0.5, 0.6) is 0 Å². The second kappa shape index (κ2) is 7.02. The number of rotatable bonds is 6. The quantitative estimate of drug-likeness (QED) is 0.516. The van der Waals surface area contributed by atoms with E-state index in [1.165, 1.54) is 32.2 Å². The van der Waals surface area contributed by atoms with Crippen LogP contribution >= 0.6 is 0 Å². The Hall–Kier alpha value is -0.340. The van der Waals surface area contributed by atoms with E-state index >= 15 is 0 Å². The lowest BCUT2D eigenvalue weighted by Gasteiger charge is -2.23. The molecule has 1 aliphatic carbocycles. The molecule has 1 fully saturated rings. The second-order valence-electron chi connectivity index (χ2n) is 4.19. The van der Waals surface area contributed by atoms with Crippen LogP contribution in [0.4, 0.5) is 0 Å². The van der Waals surface area contributed by atoms with E-state index in [0.717, 1.165) is 19.1 Å². The molecule has 0 saturated heterocycles. The first kappa shape index (κ1) is 11.7. The van der Waals surface area contributed by atoms with E-state index in [4.69, 9.17) is 0 Å². The monoisotopic (exact) mass is 196 g/mol. The van der Waals surface area contributed by atoms with Gasteiger partial charge in [-0.2, -0.15) is 0 Å². The van der Waals surface area contributed by atoms with Crippen molar-refractivity contribution < 1.29 is 0 Å². The molecule has 0 aromatic carbocycles. The molecule has 0 bridgehead atoms. The summed E-state index contributed by atoms with van der Waals surface area (Å²) < 4.78 is 0. The maximum Gasteiger partial charge on any atom is 0.0135 e. The van der Waals surface area contributed by atoms with Gasteiger partial charge in [0.25, 0.3) is 0 Å². The number of nitrogens with one attached hydrogen (secondary N) is 1. The third-order valence-electron chi connectivity index (χ3n) is 3.09. The molecule has 0 unspecified atom stereocenters. The van der Waals surface area contributed by atoms with Crippen molar-refractivity contribution >= 4 is 0 Å². The van der Waals surface area contributed by atoms with Crippen LogP contribution in [-0.4, -0.2) is 37.6 Å². The maximum atomic E-state index is 3.41. The molecule has 0 radical (unpaired) electrons. The normalized spacial score (nSPS) is 18.8. The SMILES string of the molecule is C/C=C/CNCCN(C)C1CCCC1. The van der Waals surface area contributed by atoms with Crippen LogP contribution in [0.15, 0.2) is 12.2 Å². The van der Waals surface area contributed by atoms with Gasteiger partial charge in [0.05, 0.1) is 0 Å². The number of nitrogens with zero attached hydrogens (tertiary/aromatic N) is 1. The third-order valence-corrected chi connectivity index (χ3v) is 3.09. The molecule has 2 heteroatoms. The van der Waals surface area contributed by atoms with E-state index in [-0.39, 0.29) is 0 Å². The predicted molar refractivity (Wildman–Crippen MR) is 62.6 cm³/mol. The Kier molecular flexibility index (Phi) is 5.88. The summed E-state index contributed by atoms with van der Waals surface area (Å²) >= 11 is 0. The lowest BCUT2D eigenvalue weighted by atomic mass is 10.2. The first-order valence-corrected chi connectivity index (χ1v) is 5.86. The highest BCUT2D eigenvalue weighted by Crippen LogP contribution is 2.21. The maximum absolute atomic E-state index is 3.41. The molecule has 0 aliphatic heterocycles. The van der Waals surface area contributed by atoms with Crippen molar-refractivity contribution in [2.45, 2.75) is 38.6 Å². The van der Waals surface area contributed by atoms with Crippen LogP contribution in [0.3, 0.4) is 0 Å². The third kappa shape index (κ3) is 4.25. The number of allylic oxidation sites excluding steroid dienone is 1. The van der Waals surface area contributed by atoms with Crippen LogP contribution in [0.25, 0.3) is 0 Å². The summed E-state index contributed by atoms with van der Waals surface area (Å²) in [5, 5.41) is 3.41. The zero-order valence-electron chi connectivity index (χ0n) is 9.63. The molecule has 14 heavy (non-hydrogen) atoms. The topological polar surface area (TPSA) is 15.3 Å². The van der Waals surface area contributed by atoms with E-state index in [2.05, 4.69) is 36.3 Å². The molecule has 1 aliphatic rings. The highest BCUT2D eigenvalue weighted by Gasteiger charge is 2.18. The minimum absolute atomic E-state index is 0.860. The Morgan fingerprint density at radius 1 is 1.36 bits per heavy atom. The zero-order chi connectivity index (χ0) is 10.2. The second-order valence-corrected chi connectivity index (χ2v) is 4.19. The van der Waals surface area contributed by atoms with Crippen LogP contribution in [0.1, 0.15) is 32.6 Å². The molecular formula is C12H24N2. The van der Waals surface area contributed by atoms with Crippen LogP contribution < -0.4 is 5.32 Å². The Morgan fingerprint density at radius 3 is 2.71 bits per heavy atom. The standard InChI is InChI=1S/C12H24N2/c1-3-4-9-13-10-11-14(2)12-7-5-6-8-12/h3-4,12-13H,5-11H2,1-2H3/b4-3+. The molecule has 0 aromatic rings. The van der Waals surface area contributed by atoms with Gasteiger partial charge in [0.1, 0.15) is 0 Å². The first-order valence-electron chi connectivity index (χ1n) is 5.86. The Bertz CT molecular complexity index is 160. The number of likely N-dealkylation sites (N-methyl/N-ethyl adjacent to an activating group) is 1. The van der Waals surface area contributed by atoms with Crippen molar-refractivity contribution in [3.63, 3.8) is 0 Å². The highest BCUT2D eigenvalue weighted by atomic mass is 15.1. The predicted octanol–water partition coefficient (Wildman–Crippen LogP) is 2.03. The average Bonchev–Trinajstić information content (AvgIpc) is 2.70. The summed E-state index contributed by atoms with van der Waals surface area (Å²) in [6.07, 6.45) is 9.93. The molecule has 0 atom stereocenters. The zero-order valence-corrected chi connectivity index (χ0v) is 9.63. The van der Waals surface area contributed by atoms with Gasteiger partial charge in [-0.1, -0.05) is 25.0 Å². The van der Waals surface area contributed by atoms with E-state index < -0.39 is 0 Å². The molecule has 0 spiro atoms. The number of hydrogen-bond donors (Lipinski definition) is 1. The molecule has 1 saturated carbocycles. The molecule has 0 heterocycles. The summed E-state index contributed by atoms with van der Waals surface area (Å²) in [4.78, 5) is 2.51. The lowest BCUT2D eigenvalue weighted by molar-refractivity contribution is 0.246. The minimum atomic E-state index is 0.860. The van der Waals surface area contributed by atoms with Gasteiger partial charge < -0.3 is 10.2 Å². The smallest absolute Gasteiger partial charge is 0.0135 e. The van der Waals surface area contributed by atoms with Crippen molar-refractivity contribution in [3.8, 4) is 0 Å². The fourth-order valence-electron chi connectivity index (χ4n) is 2.09. The highest BCUT2D eigenvalue weighted by molar-refractivity contribution is 4.80. The van der Waals surface area contributed by atoms with Gasteiger partial charge in [-0.05, 0) is 26.8 Å². The van der Waals surface area contributed by atoms with E-state index in [0.29, 0.717) is 0 Å². The molecule has 0 aromatic heterocycles. The van der Waals surface area contributed by atoms with Crippen molar-refractivity contribution in [2.75, 3.05) is 26.7 Å². The average molecular weight is 196 g/mol. The van der Waals surface area contributed by atoms with Gasteiger partial charge in [-0.15, -0.1) is 0 Å². The van der Waals surface area contributed by atoms with Gasteiger partial charge in [-0.25, -0.2) is 0 Å². The van der Waals surface area contributed by atoms with Crippen molar-refractivity contribution in [1.82, 2.24) is 10.2 Å². The summed E-state index contributed by atoms with van der Waals surface area (Å²) in [5.41, 5.74) is 0. The van der Waals surface area contributed by atoms with Crippen molar-refractivity contribution in [3.05, 3.63) is 12.2 Å². The summed E-state index contributed by atoms with van der Waals surface area (Å²) in [7, 11) is 2.26. The van der Waals surface area contributed by atoms with Crippen LogP contribution in [0, 0.1) is 0 Å². The molecule has 1 rings (SSSR count). The van der Waals surface area contributed by atoms with E-state index in [9.17, 15) is 0 Å². The van der Waals surface area contributed by atoms with E-state index in [1.54, 1.807) is 0 Å². The Balaban J connectivity index is 1.99. The molecule has 82 valence electrons. The van der Waals surface area contributed by atoms with Crippen LogP contribution in [0.2, 0.25) is 0 Å². The van der Waals surface area contributed by atoms with Gasteiger partial charge in [0, 0.05) is 25.7 Å². The van der Waals surface area contributed by atoms with Gasteiger partial charge in [0.2, 0.25) is 0 Å². The van der Waals surface area contributed by atoms with Crippen LogP contribution in [-0.2, 0) is 0 Å². The van der Waals surface area contributed by atoms with E-state index in [1.807, 2.05) is 0 Å². The summed E-state index contributed by atoms with van der Waals surface area (Å²) in [6, 6.07) is 0.860.